The van der Waals surface area contributed by atoms with Crippen LogP contribution in [0.3, 0.4) is 0 Å². The van der Waals surface area contributed by atoms with Crippen molar-refractivity contribution in [3.8, 4) is 6.07 Å². The first kappa shape index (κ1) is 13.3. The van der Waals surface area contributed by atoms with Crippen LogP contribution in [0.5, 0.6) is 0 Å². The number of nitrogens with two attached hydrogens (primary N) is 1. The minimum Gasteiger partial charge on any atom is -0.314 e. The number of fused-ring (bicyclic) bond motifs is 1. The maximum atomic E-state index is 8.93. The molecule has 0 saturated heterocycles. The minimum atomic E-state index is -0.761. The van der Waals surface area contributed by atoms with Gasteiger partial charge in [0.1, 0.15) is 5.54 Å². The molecule has 2 rings (SSSR count). The highest BCUT2D eigenvalue weighted by Gasteiger charge is 2.22. The minimum absolute atomic E-state index is 0.278. The molecule has 5 heteroatoms. The van der Waals surface area contributed by atoms with Gasteiger partial charge in [-0.05, 0) is 25.5 Å². The van der Waals surface area contributed by atoms with Gasteiger partial charge in [0.15, 0.2) is 4.34 Å². The number of para-hydroxylation sites is 1. The molecule has 0 aliphatic heterocycles. The Labute approximate surface area is 115 Å². The van der Waals surface area contributed by atoms with Gasteiger partial charge in [0.2, 0.25) is 0 Å². The van der Waals surface area contributed by atoms with Crippen LogP contribution in [-0.2, 0) is 0 Å². The van der Waals surface area contributed by atoms with Gasteiger partial charge in [-0.1, -0.05) is 30.8 Å². The standard InChI is InChI=1S/C13H15N3S2/c1-9(7-13(2,15)8-14)17-12-16-10-5-3-4-6-11(10)18-12/h3-6,9H,7,15H2,1-2H3. The predicted molar refractivity (Wildman–Crippen MR) is 77.8 cm³/mol. The quantitative estimate of drug-likeness (QED) is 0.870. The Morgan fingerprint density at radius 2 is 2.28 bits per heavy atom. The van der Waals surface area contributed by atoms with E-state index in [1.807, 2.05) is 18.2 Å². The molecule has 0 amide bonds. The lowest BCUT2D eigenvalue weighted by molar-refractivity contribution is 0.545. The molecule has 0 saturated carbocycles. The molecule has 2 N–H and O–H groups in total. The Hall–Kier alpha value is -1.09. The van der Waals surface area contributed by atoms with E-state index in [0.29, 0.717) is 6.42 Å². The van der Waals surface area contributed by atoms with E-state index >= 15 is 0 Å². The van der Waals surface area contributed by atoms with Crippen LogP contribution in [0, 0.1) is 11.3 Å². The maximum absolute atomic E-state index is 8.93. The molecule has 3 nitrogen and oxygen atoms in total. The fourth-order valence-corrected chi connectivity index (χ4v) is 4.33. The Morgan fingerprint density at radius 3 is 2.94 bits per heavy atom. The molecular weight excluding hydrogens is 262 g/mol. The monoisotopic (exact) mass is 277 g/mol. The van der Waals surface area contributed by atoms with Crippen molar-refractivity contribution in [1.82, 2.24) is 4.98 Å². The third kappa shape index (κ3) is 3.22. The molecule has 1 aromatic carbocycles. The summed E-state index contributed by atoms with van der Waals surface area (Å²) in [7, 11) is 0. The van der Waals surface area contributed by atoms with Crippen LogP contribution in [0.2, 0.25) is 0 Å². The smallest absolute Gasteiger partial charge is 0.151 e. The number of rotatable bonds is 4. The SMILES string of the molecule is CC(CC(C)(N)C#N)Sc1nc2ccccc2s1. The Bertz CT molecular complexity index is 550. The fourth-order valence-electron chi connectivity index (χ4n) is 1.76. The van der Waals surface area contributed by atoms with Crippen molar-refractivity contribution >= 4 is 33.3 Å². The van der Waals surface area contributed by atoms with Crippen LogP contribution < -0.4 is 5.73 Å². The fraction of sp³-hybridized carbons (Fsp3) is 0.385. The van der Waals surface area contributed by atoms with Crippen molar-refractivity contribution in [2.45, 2.75) is 35.4 Å². The number of thioether (sulfide) groups is 1. The van der Waals surface area contributed by atoms with Gasteiger partial charge in [0.25, 0.3) is 0 Å². The van der Waals surface area contributed by atoms with Gasteiger partial charge in [-0.2, -0.15) is 5.26 Å². The summed E-state index contributed by atoms with van der Waals surface area (Å²) in [6, 6.07) is 10.2. The molecular formula is C13H15N3S2. The Balaban J connectivity index is 2.07. The lowest BCUT2D eigenvalue weighted by Gasteiger charge is -2.19. The predicted octanol–water partition coefficient (Wildman–Crippen LogP) is 3.41. The van der Waals surface area contributed by atoms with E-state index in [1.54, 1.807) is 30.0 Å². The third-order valence-electron chi connectivity index (χ3n) is 2.54. The molecule has 0 bridgehead atoms. The first-order chi connectivity index (χ1) is 8.50. The summed E-state index contributed by atoms with van der Waals surface area (Å²) in [5.41, 5.74) is 6.13. The van der Waals surface area contributed by atoms with Gasteiger partial charge < -0.3 is 5.73 Å². The molecule has 0 aliphatic rings. The van der Waals surface area contributed by atoms with Crippen molar-refractivity contribution in [3.05, 3.63) is 24.3 Å². The van der Waals surface area contributed by atoms with Gasteiger partial charge in [-0.3, -0.25) is 0 Å². The zero-order chi connectivity index (χ0) is 13.2. The van der Waals surface area contributed by atoms with E-state index in [2.05, 4.69) is 24.0 Å². The lowest BCUT2D eigenvalue weighted by Crippen LogP contribution is -2.36. The highest BCUT2D eigenvalue weighted by atomic mass is 32.2. The van der Waals surface area contributed by atoms with Crippen molar-refractivity contribution in [1.29, 1.82) is 5.26 Å². The van der Waals surface area contributed by atoms with Crippen molar-refractivity contribution in [2.75, 3.05) is 0 Å². The molecule has 2 atom stereocenters. The molecule has 0 fully saturated rings. The van der Waals surface area contributed by atoms with Gasteiger partial charge in [-0.15, -0.1) is 11.3 Å². The van der Waals surface area contributed by atoms with E-state index in [4.69, 9.17) is 11.0 Å². The van der Waals surface area contributed by atoms with Gasteiger partial charge in [-0.25, -0.2) is 4.98 Å². The van der Waals surface area contributed by atoms with Gasteiger partial charge in [0.05, 0.1) is 16.3 Å². The Morgan fingerprint density at radius 1 is 1.56 bits per heavy atom. The van der Waals surface area contributed by atoms with Crippen molar-refractivity contribution in [2.24, 2.45) is 5.73 Å². The van der Waals surface area contributed by atoms with Crippen LogP contribution in [0.25, 0.3) is 10.2 Å². The van der Waals surface area contributed by atoms with Crippen LogP contribution in [0.4, 0.5) is 0 Å². The summed E-state index contributed by atoms with van der Waals surface area (Å²) in [6.07, 6.45) is 0.657. The first-order valence-corrected chi connectivity index (χ1v) is 7.42. The molecule has 0 aliphatic carbocycles. The largest absolute Gasteiger partial charge is 0.314 e. The second-order valence-electron chi connectivity index (χ2n) is 4.61. The number of nitrogens with zero attached hydrogens (tertiary/aromatic N) is 2. The number of nitriles is 1. The van der Waals surface area contributed by atoms with Crippen LogP contribution in [-0.4, -0.2) is 15.8 Å². The van der Waals surface area contributed by atoms with Crippen LogP contribution in [0.1, 0.15) is 20.3 Å². The topological polar surface area (TPSA) is 62.7 Å². The van der Waals surface area contributed by atoms with Crippen molar-refractivity contribution in [3.63, 3.8) is 0 Å². The summed E-state index contributed by atoms with van der Waals surface area (Å²) in [4.78, 5) is 4.57. The molecule has 0 radical (unpaired) electrons. The first-order valence-electron chi connectivity index (χ1n) is 5.72. The number of thiazole rings is 1. The summed E-state index contributed by atoms with van der Waals surface area (Å²) < 4.78 is 2.24. The summed E-state index contributed by atoms with van der Waals surface area (Å²) in [5.74, 6) is 0. The summed E-state index contributed by atoms with van der Waals surface area (Å²) in [6.45, 7) is 3.85. The normalized spacial score (nSPS) is 16.1. The second-order valence-corrected chi connectivity index (χ2v) is 7.33. The highest BCUT2D eigenvalue weighted by Crippen LogP contribution is 2.33. The molecule has 2 aromatic rings. The summed E-state index contributed by atoms with van der Waals surface area (Å²) >= 11 is 3.38. The van der Waals surface area contributed by atoms with Crippen LogP contribution >= 0.6 is 23.1 Å². The average Bonchev–Trinajstić information content (AvgIpc) is 2.70. The zero-order valence-electron chi connectivity index (χ0n) is 10.4. The molecule has 1 aromatic heterocycles. The zero-order valence-corrected chi connectivity index (χ0v) is 12.0. The Kier molecular flexibility index (Phi) is 3.91. The van der Waals surface area contributed by atoms with Gasteiger partial charge in [0, 0.05) is 5.25 Å². The number of hydrogen-bond donors (Lipinski definition) is 1. The van der Waals surface area contributed by atoms with Crippen LogP contribution in [0.15, 0.2) is 28.6 Å². The van der Waals surface area contributed by atoms with E-state index < -0.39 is 5.54 Å². The molecule has 2 unspecified atom stereocenters. The summed E-state index contributed by atoms with van der Waals surface area (Å²) in [5, 5.41) is 9.20. The molecule has 94 valence electrons. The number of hydrogen-bond acceptors (Lipinski definition) is 5. The molecule has 0 spiro atoms. The third-order valence-corrected chi connectivity index (χ3v) is 4.77. The van der Waals surface area contributed by atoms with E-state index in [9.17, 15) is 0 Å². The highest BCUT2D eigenvalue weighted by molar-refractivity contribution is 8.01. The average molecular weight is 277 g/mol. The molecule has 1 heterocycles. The second kappa shape index (κ2) is 5.27. The number of benzene rings is 1. The van der Waals surface area contributed by atoms with E-state index in [-0.39, 0.29) is 5.25 Å². The van der Waals surface area contributed by atoms with E-state index in [1.165, 1.54) is 4.70 Å². The lowest BCUT2D eigenvalue weighted by atomic mass is 10.00. The van der Waals surface area contributed by atoms with E-state index in [0.717, 1.165) is 9.86 Å². The maximum Gasteiger partial charge on any atom is 0.151 e. The van der Waals surface area contributed by atoms with Crippen molar-refractivity contribution < 1.29 is 0 Å². The number of aromatic nitrogens is 1. The molecule has 18 heavy (non-hydrogen) atoms. The van der Waals surface area contributed by atoms with Gasteiger partial charge >= 0.3 is 0 Å².